The number of benzene rings is 2. The molecule has 1 aliphatic carbocycles. The molecule has 54 heavy (non-hydrogen) atoms. The lowest BCUT2D eigenvalue weighted by molar-refractivity contribution is -0.719. The normalized spacial score (nSPS) is 19.2. The van der Waals surface area contributed by atoms with Crippen molar-refractivity contribution in [2.24, 2.45) is 5.41 Å². The molecular formula is C49H57N3OSi+2. The van der Waals surface area contributed by atoms with Crippen molar-refractivity contribution in [1.29, 1.82) is 0 Å². The van der Waals surface area contributed by atoms with Gasteiger partial charge in [0.2, 0.25) is 17.1 Å². The molecule has 4 nitrogen and oxygen atoms in total. The molecule has 1 saturated carbocycles. The van der Waals surface area contributed by atoms with Crippen molar-refractivity contribution >= 4 is 41.0 Å². The van der Waals surface area contributed by atoms with Crippen LogP contribution in [-0.2, 0) is 12.8 Å². The van der Waals surface area contributed by atoms with Gasteiger partial charge in [-0.15, -0.1) is 0 Å². The van der Waals surface area contributed by atoms with E-state index < -0.39 is 8.07 Å². The van der Waals surface area contributed by atoms with E-state index >= 15 is 0 Å². The van der Waals surface area contributed by atoms with Gasteiger partial charge in [-0.3, -0.25) is 0 Å². The third-order valence-electron chi connectivity index (χ3n) is 12.7. The van der Waals surface area contributed by atoms with Crippen molar-refractivity contribution in [3.63, 3.8) is 0 Å². The van der Waals surface area contributed by atoms with Crippen LogP contribution in [0.4, 0.5) is 0 Å². The molecule has 0 N–H and O–H groups in total. The summed E-state index contributed by atoms with van der Waals surface area (Å²) in [6, 6.07) is 26.0. The first-order chi connectivity index (χ1) is 25.8. The number of aryl methyl sites for hydroxylation is 2. The van der Waals surface area contributed by atoms with E-state index in [2.05, 4.69) is 129 Å². The number of allylic oxidation sites excluding steroid dienone is 1. The Kier molecular flexibility index (Phi) is 8.61. The molecule has 0 spiro atoms. The summed E-state index contributed by atoms with van der Waals surface area (Å²) in [5.41, 5.74) is 15.1. The zero-order chi connectivity index (χ0) is 37.5. The smallest absolute Gasteiger partial charge is 0.227 e. The Morgan fingerprint density at radius 1 is 0.852 bits per heavy atom. The molecule has 2 unspecified atom stereocenters. The summed E-state index contributed by atoms with van der Waals surface area (Å²) >= 11 is 0. The van der Waals surface area contributed by atoms with E-state index in [9.17, 15) is 0 Å². The fraction of sp³-hybridized carbons (Fsp3) is 0.408. The molecule has 4 aromatic heterocycles. The lowest BCUT2D eigenvalue weighted by atomic mass is 9.76. The van der Waals surface area contributed by atoms with Gasteiger partial charge in [0.05, 0.1) is 20.1 Å². The predicted molar refractivity (Wildman–Crippen MR) is 226 cm³/mol. The molecule has 0 bridgehead atoms. The summed E-state index contributed by atoms with van der Waals surface area (Å²) in [7, 11) is -1.67. The quantitative estimate of drug-likeness (QED) is 0.134. The number of hydrogen-bond donors (Lipinski definition) is 0. The minimum atomic E-state index is -1.67. The Labute approximate surface area is 323 Å². The van der Waals surface area contributed by atoms with E-state index in [1.54, 1.807) is 10.8 Å². The first kappa shape index (κ1) is 35.4. The number of furan rings is 1. The number of pyridine rings is 3. The largest absolute Gasteiger partial charge is 0.438 e. The average molecular weight is 732 g/mol. The van der Waals surface area contributed by atoms with Crippen molar-refractivity contribution in [3.8, 4) is 22.5 Å². The molecule has 2 atom stereocenters. The van der Waals surface area contributed by atoms with Crippen molar-refractivity contribution in [3.05, 3.63) is 114 Å². The Balaban J connectivity index is 1.26. The SMILES string of the molecule is C=C1CC2C(CCc3cc4oc5nc(C)ccc5c4cc3-c3cc(CC(C)(C)C)cc[n+]31)c1ccccc1-c1cc(C3CCCCC3)c([Si](C)(C)C)c[n+]12. The first-order valence-corrected chi connectivity index (χ1v) is 24.1. The maximum Gasteiger partial charge on any atom is 0.227 e. The molecule has 9 rings (SSSR count). The van der Waals surface area contributed by atoms with Crippen molar-refractivity contribution < 1.29 is 13.6 Å². The van der Waals surface area contributed by atoms with Crippen LogP contribution in [0.2, 0.25) is 19.6 Å². The van der Waals surface area contributed by atoms with Gasteiger partial charge in [0, 0.05) is 51.3 Å². The highest BCUT2D eigenvalue weighted by atomic mass is 28.3. The summed E-state index contributed by atoms with van der Waals surface area (Å²) in [5, 5.41) is 3.86. The van der Waals surface area contributed by atoms with Crippen molar-refractivity contribution in [1.82, 2.24) is 4.98 Å². The zero-order valence-corrected chi connectivity index (χ0v) is 34.6. The van der Waals surface area contributed by atoms with Gasteiger partial charge in [0.1, 0.15) is 5.58 Å². The summed E-state index contributed by atoms with van der Waals surface area (Å²) in [6.07, 6.45) is 15.6. The molecule has 0 amide bonds. The van der Waals surface area contributed by atoms with E-state index in [1.165, 1.54) is 71.3 Å². The third kappa shape index (κ3) is 6.26. The van der Waals surface area contributed by atoms with Crippen LogP contribution in [0.5, 0.6) is 0 Å². The topological polar surface area (TPSA) is 33.8 Å². The van der Waals surface area contributed by atoms with Crippen LogP contribution in [0.15, 0.2) is 90.1 Å². The van der Waals surface area contributed by atoms with Gasteiger partial charge in [0.15, 0.2) is 24.1 Å². The van der Waals surface area contributed by atoms with Crippen molar-refractivity contribution in [2.45, 2.75) is 123 Å². The second kappa shape index (κ2) is 13.1. The Hall–Kier alpha value is -4.35. The highest BCUT2D eigenvalue weighted by Crippen LogP contribution is 2.46. The standard InChI is InChI=1S/C49H57N3OSi/c1-31-18-20-39-42-27-40-35(26-46(42)53-48(39)50-31)19-21-38-36-16-12-13-17-37(36)45-28-41(34-14-10-9-11-15-34)47(54(6,7)8)30-52(45)43(38)24-32(2)51-23-22-33(25-44(40)51)29-49(3,4)5/h12-13,16-18,20,22-23,25-28,30,34,38,43H,2,9-11,14-15,19,21,24,29H2,1,3-8H3/q+2. The lowest BCUT2D eigenvalue weighted by Gasteiger charge is -2.34. The Morgan fingerprint density at radius 2 is 1.65 bits per heavy atom. The fourth-order valence-electron chi connectivity index (χ4n) is 10.2. The minimum Gasteiger partial charge on any atom is -0.438 e. The highest BCUT2D eigenvalue weighted by molar-refractivity contribution is 6.89. The van der Waals surface area contributed by atoms with Gasteiger partial charge in [-0.1, -0.05) is 77.9 Å². The molecule has 276 valence electrons. The summed E-state index contributed by atoms with van der Waals surface area (Å²) < 4.78 is 11.7. The lowest BCUT2D eigenvalue weighted by Crippen LogP contribution is -2.55. The number of nitrogens with zero attached hydrogens (tertiary/aromatic N) is 3. The van der Waals surface area contributed by atoms with Crippen LogP contribution in [0.1, 0.15) is 112 Å². The van der Waals surface area contributed by atoms with Crippen LogP contribution in [0.3, 0.4) is 0 Å². The number of aromatic nitrogens is 3. The maximum atomic E-state index is 6.51. The molecular weight excluding hydrogens is 675 g/mol. The molecule has 3 aliphatic rings. The van der Waals surface area contributed by atoms with E-state index in [0.29, 0.717) is 11.8 Å². The average Bonchev–Trinajstić information content (AvgIpc) is 3.48. The number of hydrogen-bond acceptors (Lipinski definition) is 2. The van der Waals surface area contributed by atoms with Gasteiger partial charge in [-0.25, -0.2) is 4.98 Å². The van der Waals surface area contributed by atoms with Gasteiger partial charge in [0.25, 0.3) is 0 Å². The van der Waals surface area contributed by atoms with Crippen LogP contribution in [0, 0.1) is 12.3 Å². The molecule has 0 saturated heterocycles. The first-order valence-electron chi connectivity index (χ1n) is 20.6. The van der Waals surface area contributed by atoms with Crippen molar-refractivity contribution in [2.75, 3.05) is 0 Å². The van der Waals surface area contributed by atoms with E-state index in [0.717, 1.165) is 59.1 Å². The van der Waals surface area contributed by atoms with Gasteiger partial charge in [-0.2, -0.15) is 9.13 Å². The molecule has 6 heterocycles. The third-order valence-corrected chi connectivity index (χ3v) is 14.7. The monoisotopic (exact) mass is 731 g/mol. The van der Waals surface area contributed by atoms with Gasteiger partial charge < -0.3 is 4.42 Å². The highest BCUT2D eigenvalue weighted by Gasteiger charge is 2.44. The van der Waals surface area contributed by atoms with E-state index in [4.69, 9.17) is 16.0 Å². The number of rotatable bonds is 3. The molecule has 5 heteroatoms. The van der Waals surface area contributed by atoms with Gasteiger partial charge in [-0.05, 0) is 110 Å². The van der Waals surface area contributed by atoms with E-state index in [-0.39, 0.29) is 11.5 Å². The summed E-state index contributed by atoms with van der Waals surface area (Å²) in [5.74, 6) is 1.02. The fourth-order valence-corrected chi connectivity index (χ4v) is 11.8. The molecule has 6 aromatic rings. The second-order valence-corrected chi connectivity index (χ2v) is 24.1. The molecule has 1 fully saturated rings. The van der Waals surface area contributed by atoms with Crippen LogP contribution in [-0.4, -0.2) is 13.1 Å². The zero-order valence-electron chi connectivity index (χ0n) is 33.6. The Morgan fingerprint density at radius 3 is 2.43 bits per heavy atom. The van der Waals surface area contributed by atoms with Gasteiger partial charge >= 0.3 is 0 Å². The number of fused-ring (bicyclic) bond motifs is 12. The van der Waals surface area contributed by atoms with E-state index in [1.807, 2.05) is 6.92 Å². The van der Waals surface area contributed by atoms with Crippen LogP contribution < -0.4 is 14.3 Å². The summed E-state index contributed by atoms with van der Waals surface area (Å²) in [4.78, 5) is 4.79. The predicted octanol–water partition coefficient (Wildman–Crippen LogP) is 11.5. The second-order valence-electron chi connectivity index (χ2n) is 19.0. The van der Waals surface area contributed by atoms with Crippen LogP contribution >= 0.6 is 0 Å². The Bertz CT molecular complexity index is 2450. The molecule has 2 aliphatic heterocycles. The summed E-state index contributed by atoms with van der Waals surface area (Å²) in [6.45, 7) is 21.6. The van der Waals surface area contributed by atoms with Crippen LogP contribution in [0.25, 0.3) is 50.3 Å². The molecule has 0 radical (unpaired) electrons. The maximum absolute atomic E-state index is 6.51. The minimum absolute atomic E-state index is 0.177. The molecule has 2 aromatic carbocycles.